The summed E-state index contributed by atoms with van der Waals surface area (Å²) in [5.41, 5.74) is 3.75. The van der Waals surface area contributed by atoms with Gasteiger partial charge >= 0.3 is 0 Å². The fourth-order valence-electron chi connectivity index (χ4n) is 2.82. The summed E-state index contributed by atoms with van der Waals surface area (Å²) < 4.78 is 0. The number of nitrogens with zero attached hydrogens (tertiary/aromatic N) is 2. The van der Waals surface area contributed by atoms with Crippen molar-refractivity contribution in [3.63, 3.8) is 0 Å². The third-order valence-electron chi connectivity index (χ3n) is 4.32. The minimum Gasteiger partial charge on any atom is -0.368 e. The quantitative estimate of drug-likeness (QED) is 0.839. The molecule has 1 heterocycles. The van der Waals surface area contributed by atoms with Crippen molar-refractivity contribution in [1.29, 1.82) is 0 Å². The zero-order valence-corrected chi connectivity index (χ0v) is 15.4. The van der Waals surface area contributed by atoms with E-state index in [2.05, 4.69) is 58.4 Å². The fourth-order valence-corrected chi connectivity index (χ4v) is 3.20. The monoisotopic (exact) mass is 359 g/mol. The van der Waals surface area contributed by atoms with Gasteiger partial charge in [-0.3, -0.25) is 0 Å². The summed E-state index contributed by atoms with van der Waals surface area (Å²) in [6.07, 6.45) is 0. The van der Waals surface area contributed by atoms with Crippen molar-refractivity contribution in [2.45, 2.75) is 13.5 Å². The lowest BCUT2D eigenvalue weighted by molar-refractivity contribution is 0.380. The van der Waals surface area contributed by atoms with Gasteiger partial charge in [0.1, 0.15) is 0 Å². The Labute approximate surface area is 154 Å². The van der Waals surface area contributed by atoms with Crippen molar-refractivity contribution in [3.05, 3.63) is 64.7 Å². The van der Waals surface area contributed by atoms with Gasteiger partial charge in [-0.2, -0.15) is 0 Å². The van der Waals surface area contributed by atoms with Crippen LogP contribution in [0.1, 0.15) is 11.1 Å². The van der Waals surface area contributed by atoms with Gasteiger partial charge in [0.15, 0.2) is 5.11 Å². The third kappa shape index (κ3) is 4.40. The second-order valence-corrected chi connectivity index (χ2v) is 6.92. The molecule has 5 heteroatoms. The number of thiocarbonyl (C=S) groups is 1. The van der Waals surface area contributed by atoms with Crippen LogP contribution in [-0.2, 0) is 6.54 Å². The average Bonchev–Trinajstić information content (AvgIpc) is 2.62. The number of halogens is 1. The third-order valence-corrected chi connectivity index (χ3v) is 4.98. The molecule has 0 saturated carbocycles. The van der Waals surface area contributed by atoms with Gasteiger partial charge in [0, 0.05) is 43.4 Å². The second kappa shape index (κ2) is 7.86. The molecule has 2 aromatic carbocycles. The van der Waals surface area contributed by atoms with Gasteiger partial charge in [0.05, 0.1) is 0 Å². The van der Waals surface area contributed by atoms with Gasteiger partial charge in [-0.15, -0.1) is 0 Å². The van der Waals surface area contributed by atoms with Gasteiger partial charge in [-0.1, -0.05) is 41.4 Å². The number of benzene rings is 2. The van der Waals surface area contributed by atoms with Gasteiger partial charge in [-0.05, 0) is 49.0 Å². The molecule has 3 rings (SSSR count). The van der Waals surface area contributed by atoms with E-state index < -0.39 is 0 Å². The lowest BCUT2D eigenvalue weighted by Gasteiger charge is -2.37. The van der Waals surface area contributed by atoms with Crippen LogP contribution in [0.4, 0.5) is 5.69 Å². The molecule has 1 aliphatic heterocycles. The predicted molar refractivity (Wildman–Crippen MR) is 106 cm³/mol. The molecule has 0 amide bonds. The minimum atomic E-state index is 0.774. The molecule has 1 saturated heterocycles. The molecule has 1 N–H and O–H groups in total. The smallest absolute Gasteiger partial charge is 0.169 e. The summed E-state index contributed by atoms with van der Waals surface area (Å²) in [5, 5.41) is 4.99. The molecule has 1 fully saturated rings. The normalized spacial score (nSPS) is 14.6. The average molecular weight is 360 g/mol. The SMILES string of the molecule is Cc1ccc(CNC(=S)N2CCN(c3ccc(Cl)cc3)CC2)cc1. The molecule has 24 heavy (non-hydrogen) atoms. The molecular weight excluding hydrogens is 338 g/mol. The first-order valence-corrected chi connectivity index (χ1v) is 8.99. The number of anilines is 1. The van der Waals surface area contributed by atoms with Crippen LogP contribution in [0.5, 0.6) is 0 Å². The Hall–Kier alpha value is -1.78. The van der Waals surface area contributed by atoms with E-state index in [-0.39, 0.29) is 0 Å². The van der Waals surface area contributed by atoms with Crippen LogP contribution in [0.3, 0.4) is 0 Å². The van der Waals surface area contributed by atoms with E-state index in [1.807, 2.05) is 12.1 Å². The highest BCUT2D eigenvalue weighted by Gasteiger charge is 2.18. The Bertz CT molecular complexity index is 677. The highest BCUT2D eigenvalue weighted by Crippen LogP contribution is 2.19. The van der Waals surface area contributed by atoms with Crippen LogP contribution in [0, 0.1) is 6.92 Å². The number of nitrogens with one attached hydrogen (secondary N) is 1. The van der Waals surface area contributed by atoms with Gasteiger partial charge < -0.3 is 15.1 Å². The van der Waals surface area contributed by atoms with E-state index in [4.69, 9.17) is 23.8 Å². The Morgan fingerprint density at radius 3 is 2.25 bits per heavy atom. The van der Waals surface area contributed by atoms with E-state index in [1.165, 1.54) is 16.8 Å². The van der Waals surface area contributed by atoms with Crippen LogP contribution in [0.15, 0.2) is 48.5 Å². The fraction of sp³-hybridized carbons (Fsp3) is 0.316. The molecule has 3 nitrogen and oxygen atoms in total. The highest BCUT2D eigenvalue weighted by atomic mass is 35.5. The molecule has 0 bridgehead atoms. The van der Waals surface area contributed by atoms with Gasteiger partial charge in [0.2, 0.25) is 0 Å². The topological polar surface area (TPSA) is 18.5 Å². The molecule has 2 aromatic rings. The molecule has 0 atom stereocenters. The van der Waals surface area contributed by atoms with E-state index >= 15 is 0 Å². The summed E-state index contributed by atoms with van der Waals surface area (Å²) in [4.78, 5) is 4.62. The Morgan fingerprint density at radius 1 is 1.00 bits per heavy atom. The molecule has 0 radical (unpaired) electrons. The van der Waals surface area contributed by atoms with Crippen LogP contribution in [-0.4, -0.2) is 36.2 Å². The molecular formula is C19H22ClN3S. The maximum Gasteiger partial charge on any atom is 0.169 e. The Balaban J connectivity index is 1.48. The van der Waals surface area contributed by atoms with Crippen LogP contribution < -0.4 is 10.2 Å². The van der Waals surface area contributed by atoms with Crippen molar-refractivity contribution in [1.82, 2.24) is 10.2 Å². The van der Waals surface area contributed by atoms with Crippen LogP contribution >= 0.6 is 23.8 Å². The first-order chi connectivity index (χ1) is 11.6. The summed E-state index contributed by atoms with van der Waals surface area (Å²) in [6.45, 7) is 6.67. The van der Waals surface area contributed by atoms with Crippen molar-refractivity contribution in [2.75, 3.05) is 31.1 Å². The summed E-state index contributed by atoms with van der Waals surface area (Å²) in [6, 6.07) is 16.6. The molecule has 1 aliphatic rings. The van der Waals surface area contributed by atoms with Gasteiger partial charge in [0.25, 0.3) is 0 Å². The maximum atomic E-state index is 5.96. The van der Waals surface area contributed by atoms with Crippen molar-refractivity contribution >= 4 is 34.6 Å². The lowest BCUT2D eigenvalue weighted by atomic mass is 10.1. The molecule has 126 valence electrons. The van der Waals surface area contributed by atoms with E-state index in [9.17, 15) is 0 Å². The van der Waals surface area contributed by atoms with Crippen molar-refractivity contribution in [3.8, 4) is 0 Å². The second-order valence-electron chi connectivity index (χ2n) is 6.09. The maximum absolute atomic E-state index is 5.96. The molecule has 0 aromatic heterocycles. The number of rotatable bonds is 3. The first-order valence-electron chi connectivity index (χ1n) is 8.21. The number of hydrogen-bond donors (Lipinski definition) is 1. The predicted octanol–water partition coefficient (Wildman–Crippen LogP) is 3.85. The van der Waals surface area contributed by atoms with Crippen molar-refractivity contribution < 1.29 is 0 Å². The summed E-state index contributed by atoms with van der Waals surface area (Å²) in [7, 11) is 0. The van der Waals surface area contributed by atoms with Gasteiger partial charge in [-0.25, -0.2) is 0 Å². The summed E-state index contributed by atoms with van der Waals surface area (Å²) in [5.74, 6) is 0. The van der Waals surface area contributed by atoms with Crippen molar-refractivity contribution in [2.24, 2.45) is 0 Å². The minimum absolute atomic E-state index is 0.774. The van der Waals surface area contributed by atoms with E-state index in [0.29, 0.717) is 0 Å². The standard InChI is InChI=1S/C19H22ClN3S/c1-15-2-4-16(5-3-15)14-21-19(24)23-12-10-22(11-13-23)18-8-6-17(20)7-9-18/h2-9H,10-14H2,1H3,(H,21,24). The van der Waals surface area contributed by atoms with E-state index in [1.54, 1.807) is 0 Å². The Kier molecular flexibility index (Phi) is 5.59. The largest absolute Gasteiger partial charge is 0.368 e. The number of piperazine rings is 1. The highest BCUT2D eigenvalue weighted by molar-refractivity contribution is 7.80. The Morgan fingerprint density at radius 2 is 1.62 bits per heavy atom. The lowest BCUT2D eigenvalue weighted by Crippen LogP contribution is -2.51. The zero-order chi connectivity index (χ0) is 16.9. The van der Waals surface area contributed by atoms with E-state index in [0.717, 1.165) is 42.9 Å². The zero-order valence-electron chi connectivity index (χ0n) is 13.8. The first kappa shape index (κ1) is 17.1. The molecule has 0 unspecified atom stereocenters. The molecule has 0 aliphatic carbocycles. The number of hydrogen-bond acceptors (Lipinski definition) is 2. The van der Waals surface area contributed by atoms with Crippen LogP contribution in [0.2, 0.25) is 5.02 Å². The number of aryl methyl sites for hydroxylation is 1. The summed E-state index contributed by atoms with van der Waals surface area (Å²) >= 11 is 11.5. The van der Waals surface area contributed by atoms with Crippen LogP contribution in [0.25, 0.3) is 0 Å². The molecule has 0 spiro atoms.